The average Bonchev–Trinajstić information content (AvgIpc) is 2.60. The van der Waals surface area contributed by atoms with E-state index < -0.39 is 10.6 Å². The molecular weight excluding hydrogens is 285 g/mol. The summed E-state index contributed by atoms with van der Waals surface area (Å²) in [5, 5.41) is 0. The highest BCUT2D eigenvalue weighted by molar-refractivity contribution is 6.53. The zero-order valence-corrected chi connectivity index (χ0v) is 12.7. The number of nitrogens with zero attached hydrogens (tertiary/aromatic N) is 1. The Morgan fingerprint density at radius 2 is 1.89 bits per heavy atom. The molecule has 0 aromatic heterocycles. The maximum atomic E-state index is 12.1. The van der Waals surface area contributed by atoms with Crippen LogP contribution in [0.15, 0.2) is 30.3 Å². The molecule has 0 radical (unpaired) electrons. The lowest BCUT2D eigenvalue weighted by molar-refractivity contribution is -0.145. The summed E-state index contributed by atoms with van der Waals surface area (Å²) >= 11 is 11.4. The van der Waals surface area contributed by atoms with Crippen LogP contribution in [0.4, 0.5) is 0 Å². The fourth-order valence-electron chi connectivity index (χ4n) is 2.65. The molecule has 1 aromatic rings. The summed E-state index contributed by atoms with van der Waals surface area (Å²) in [5.41, 5.74) is 0.318. The average molecular weight is 302 g/mol. The van der Waals surface area contributed by atoms with Crippen LogP contribution in [-0.4, -0.2) is 27.4 Å². The van der Waals surface area contributed by atoms with Crippen molar-refractivity contribution in [3.8, 4) is 0 Å². The predicted molar refractivity (Wildman–Crippen MR) is 76.1 cm³/mol. The minimum absolute atomic E-state index is 0.120. The molecular formula is C14H17Cl2NO2. The summed E-state index contributed by atoms with van der Waals surface area (Å²) in [5.74, 6) is -0.320. The van der Waals surface area contributed by atoms with Crippen LogP contribution in [0.3, 0.4) is 0 Å². The Morgan fingerprint density at radius 1 is 1.32 bits per heavy atom. The third-order valence-corrected chi connectivity index (χ3v) is 3.77. The molecule has 1 aliphatic heterocycles. The van der Waals surface area contributed by atoms with Crippen molar-refractivity contribution in [2.45, 2.75) is 43.5 Å². The van der Waals surface area contributed by atoms with Crippen LogP contribution < -0.4 is 0 Å². The second kappa shape index (κ2) is 5.31. The molecule has 0 N–H and O–H groups in total. The van der Waals surface area contributed by atoms with Gasteiger partial charge in [0.25, 0.3) is 5.91 Å². The molecule has 1 fully saturated rings. The first-order valence-corrected chi connectivity index (χ1v) is 7.06. The molecule has 0 aliphatic carbocycles. The molecule has 19 heavy (non-hydrogen) atoms. The Kier molecular flexibility index (Phi) is 4.09. The van der Waals surface area contributed by atoms with Crippen molar-refractivity contribution in [2.24, 2.45) is 0 Å². The van der Waals surface area contributed by atoms with E-state index in [0.29, 0.717) is 0 Å². The highest BCUT2D eigenvalue weighted by atomic mass is 35.5. The molecule has 1 aromatic carbocycles. The van der Waals surface area contributed by atoms with Gasteiger partial charge in [-0.05, 0) is 26.3 Å². The van der Waals surface area contributed by atoms with Crippen LogP contribution in [0.25, 0.3) is 0 Å². The van der Waals surface area contributed by atoms with Crippen molar-refractivity contribution in [1.82, 2.24) is 4.90 Å². The summed E-state index contributed by atoms with van der Waals surface area (Å²) in [6, 6.07) is 9.72. The van der Waals surface area contributed by atoms with Crippen molar-refractivity contribution in [1.29, 1.82) is 0 Å². The van der Waals surface area contributed by atoms with Crippen LogP contribution in [0, 0.1) is 0 Å². The summed E-state index contributed by atoms with van der Waals surface area (Å²) < 4.78 is 6.02. The van der Waals surface area contributed by atoms with Crippen molar-refractivity contribution in [3.05, 3.63) is 35.9 Å². The van der Waals surface area contributed by atoms with E-state index in [1.54, 1.807) is 4.90 Å². The zero-order chi connectivity index (χ0) is 14.2. The lowest BCUT2D eigenvalue weighted by Gasteiger charge is -2.32. The molecule has 2 atom stereocenters. The quantitative estimate of drug-likeness (QED) is 0.782. The number of carbonyl (C=O) groups excluding carboxylic acids is 1. The SMILES string of the molecule is CC1C(c2ccccc2)OC(C)(C)N1C(=O)C(Cl)Cl. The van der Waals surface area contributed by atoms with Gasteiger partial charge in [0.2, 0.25) is 0 Å². The monoisotopic (exact) mass is 301 g/mol. The molecule has 1 aliphatic rings. The van der Waals surface area contributed by atoms with Gasteiger partial charge in [-0.3, -0.25) is 4.79 Å². The van der Waals surface area contributed by atoms with E-state index in [0.717, 1.165) is 5.56 Å². The van der Waals surface area contributed by atoms with Gasteiger partial charge in [0.1, 0.15) is 11.8 Å². The van der Waals surface area contributed by atoms with Gasteiger partial charge in [-0.25, -0.2) is 0 Å². The van der Waals surface area contributed by atoms with Crippen molar-refractivity contribution in [3.63, 3.8) is 0 Å². The van der Waals surface area contributed by atoms with Gasteiger partial charge in [0.15, 0.2) is 4.84 Å². The molecule has 1 amide bonds. The van der Waals surface area contributed by atoms with E-state index in [2.05, 4.69) is 0 Å². The number of benzene rings is 1. The smallest absolute Gasteiger partial charge is 0.258 e. The summed E-state index contributed by atoms with van der Waals surface area (Å²) in [6.07, 6.45) is -0.174. The summed E-state index contributed by atoms with van der Waals surface area (Å²) in [7, 11) is 0. The van der Waals surface area contributed by atoms with Gasteiger partial charge in [-0.1, -0.05) is 53.5 Å². The van der Waals surface area contributed by atoms with E-state index in [1.165, 1.54) is 0 Å². The van der Waals surface area contributed by atoms with Crippen molar-refractivity contribution in [2.75, 3.05) is 0 Å². The number of alkyl halides is 2. The Labute approximate surface area is 123 Å². The van der Waals surface area contributed by atoms with Crippen molar-refractivity contribution < 1.29 is 9.53 Å². The van der Waals surface area contributed by atoms with E-state index in [1.807, 2.05) is 51.1 Å². The Bertz CT molecular complexity index is 462. The standard InChI is InChI=1S/C14H17Cl2NO2/c1-9-11(10-7-5-4-6-8-10)19-14(2,3)17(9)13(18)12(15)16/h4-9,11-12H,1-3H3. The maximum absolute atomic E-state index is 12.1. The summed E-state index contributed by atoms with van der Waals surface area (Å²) in [4.78, 5) is 12.7. The highest BCUT2D eigenvalue weighted by Gasteiger charge is 2.49. The van der Waals surface area contributed by atoms with Gasteiger partial charge in [-0.15, -0.1) is 0 Å². The zero-order valence-electron chi connectivity index (χ0n) is 11.1. The lowest BCUT2D eigenvalue weighted by Crippen LogP contribution is -2.49. The molecule has 104 valence electrons. The number of hydrogen-bond donors (Lipinski definition) is 0. The number of ether oxygens (including phenoxy) is 1. The predicted octanol–water partition coefficient (Wildman–Crippen LogP) is 3.51. The second-order valence-electron chi connectivity index (χ2n) is 5.15. The third kappa shape index (κ3) is 2.73. The van der Waals surface area contributed by atoms with Gasteiger partial charge in [0.05, 0.1) is 6.04 Å². The molecule has 5 heteroatoms. The van der Waals surface area contributed by atoms with Crippen LogP contribution in [0.1, 0.15) is 32.4 Å². The molecule has 2 unspecified atom stereocenters. The molecule has 0 bridgehead atoms. The Balaban J connectivity index is 2.31. The van der Waals surface area contributed by atoms with E-state index in [-0.39, 0.29) is 18.1 Å². The molecule has 1 saturated heterocycles. The minimum Gasteiger partial charge on any atom is -0.346 e. The topological polar surface area (TPSA) is 29.5 Å². The van der Waals surface area contributed by atoms with E-state index >= 15 is 0 Å². The lowest BCUT2D eigenvalue weighted by atomic mass is 10.0. The highest BCUT2D eigenvalue weighted by Crippen LogP contribution is 2.41. The molecule has 1 heterocycles. The number of rotatable bonds is 2. The number of halogens is 2. The molecule has 0 saturated carbocycles. The first-order chi connectivity index (χ1) is 8.84. The van der Waals surface area contributed by atoms with Gasteiger partial charge >= 0.3 is 0 Å². The van der Waals surface area contributed by atoms with Gasteiger partial charge in [-0.2, -0.15) is 0 Å². The largest absolute Gasteiger partial charge is 0.346 e. The fraction of sp³-hybridized carbons (Fsp3) is 0.500. The minimum atomic E-state index is -1.07. The van der Waals surface area contributed by atoms with Crippen LogP contribution in [0.2, 0.25) is 0 Å². The van der Waals surface area contributed by atoms with Gasteiger partial charge in [0, 0.05) is 0 Å². The number of amides is 1. The Hall–Kier alpha value is -0.770. The normalized spacial score (nSPS) is 25.9. The van der Waals surface area contributed by atoms with Crippen molar-refractivity contribution >= 4 is 29.1 Å². The van der Waals surface area contributed by atoms with Gasteiger partial charge < -0.3 is 9.64 Å². The first kappa shape index (κ1) is 14.6. The van der Waals surface area contributed by atoms with E-state index in [4.69, 9.17) is 27.9 Å². The van der Waals surface area contributed by atoms with Crippen LogP contribution in [0.5, 0.6) is 0 Å². The molecule has 0 spiro atoms. The first-order valence-electron chi connectivity index (χ1n) is 6.18. The second-order valence-corrected chi connectivity index (χ2v) is 6.24. The number of hydrogen-bond acceptors (Lipinski definition) is 2. The molecule has 2 rings (SSSR count). The van der Waals surface area contributed by atoms with Crippen LogP contribution >= 0.6 is 23.2 Å². The maximum Gasteiger partial charge on any atom is 0.258 e. The number of carbonyl (C=O) groups is 1. The van der Waals surface area contributed by atoms with E-state index in [9.17, 15) is 4.79 Å². The van der Waals surface area contributed by atoms with Crippen LogP contribution in [-0.2, 0) is 9.53 Å². The molecule has 3 nitrogen and oxygen atoms in total. The third-order valence-electron chi connectivity index (χ3n) is 3.39. The summed E-state index contributed by atoms with van der Waals surface area (Å²) in [6.45, 7) is 5.64. The Morgan fingerprint density at radius 3 is 2.42 bits per heavy atom. The fourth-order valence-corrected chi connectivity index (χ4v) is 2.86.